The van der Waals surface area contributed by atoms with Crippen molar-refractivity contribution < 1.29 is 0 Å². The van der Waals surface area contributed by atoms with Crippen LogP contribution in [0.2, 0.25) is 0 Å². The quantitative estimate of drug-likeness (QED) is 0.106. The fourth-order valence-corrected chi connectivity index (χ4v) is 10.6. The molecule has 9 unspecified atom stereocenters. The zero-order valence-electron chi connectivity index (χ0n) is 28.0. The number of nitrogens with one attached hydrogen (secondary N) is 2. The third-order valence-corrected chi connectivity index (χ3v) is 12.9. The average Bonchev–Trinajstić information content (AvgIpc) is 3.30. The Balaban J connectivity index is 1.49. The fourth-order valence-electron chi connectivity index (χ4n) is 10.6. The lowest BCUT2D eigenvalue weighted by Crippen LogP contribution is -2.57. The SMILES string of the molecule is CC(C)CCCC(C)C1CCC2C3CC(NCCCCCN)C4=CC(NCCCCCN)CCC4(C)C3CCC12C. The van der Waals surface area contributed by atoms with Crippen molar-refractivity contribution in [3.8, 4) is 0 Å². The molecule has 4 aliphatic rings. The van der Waals surface area contributed by atoms with Crippen LogP contribution in [0.15, 0.2) is 11.6 Å². The second kappa shape index (κ2) is 15.5. The van der Waals surface area contributed by atoms with Gasteiger partial charge in [-0.1, -0.05) is 72.8 Å². The summed E-state index contributed by atoms with van der Waals surface area (Å²) in [5.74, 6) is 5.37. The van der Waals surface area contributed by atoms with Crippen molar-refractivity contribution >= 4 is 0 Å². The summed E-state index contributed by atoms with van der Waals surface area (Å²) in [5.41, 5.74) is 14.2. The molecular formula is C37H70N4. The standard InChI is InChI=1S/C37H70N4/c1-27(2)13-12-14-28(3)31-15-16-32-30-26-35(41-24-11-7-9-22-39)34-25-29(40-23-10-6-8-21-38)17-19-37(34,5)33(30)18-20-36(31,32)4/h25,27-33,35,40-41H,6-24,26,38-39H2,1-5H3. The predicted octanol–water partition coefficient (Wildman–Crippen LogP) is 7.81. The van der Waals surface area contributed by atoms with Gasteiger partial charge in [-0.15, -0.1) is 0 Å². The molecule has 0 aromatic rings. The van der Waals surface area contributed by atoms with Crippen molar-refractivity contribution in [2.24, 2.45) is 57.8 Å². The topological polar surface area (TPSA) is 76.1 Å². The highest BCUT2D eigenvalue weighted by Gasteiger charge is 2.60. The van der Waals surface area contributed by atoms with Crippen molar-refractivity contribution in [2.75, 3.05) is 26.2 Å². The van der Waals surface area contributed by atoms with Gasteiger partial charge in [0, 0.05) is 12.1 Å². The molecule has 238 valence electrons. The first kappa shape index (κ1) is 33.5. The number of rotatable bonds is 17. The summed E-state index contributed by atoms with van der Waals surface area (Å²) in [6.45, 7) is 16.8. The summed E-state index contributed by atoms with van der Waals surface area (Å²) in [6, 6.07) is 1.11. The molecule has 0 amide bonds. The van der Waals surface area contributed by atoms with Crippen molar-refractivity contribution in [3.05, 3.63) is 11.6 Å². The molecule has 0 radical (unpaired) electrons. The minimum absolute atomic E-state index is 0.373. The van der Waals surface area contributed by atoms with E-state index in [1.807, 2.05) is 0 Å². The molecule has 4 rings (SSSR count). The average molecular weight is 571 g/mol. The van der Waals surface area contributed by atoms with Gasteiger partial charge in [-0.05, 0) is 149 Å². The van der Waals surface area contributed by atoms with E-state index in [0.717, 1.165) is 74.5 Å². The largest absolute Gasteiger partial charge is 0.330 e. The molecule has 0 bridgehead atoms. The van der Waals surface area contributed by atoms with Crippen LogP contribution in [0.25, 0.3) is 0 Å². The van der Waals surface area contributed by atoms with Gasteiger partial charge in [0.25, 0.3) is 0 Å². The molecule has 41 heavy (non-hydrogen) atoms. The zero-order chi connectivity index (χ0) is 29.5. The lowest BCUT2D eigenvalue weighted by atomic mass is 9.45. The Morgan fingerprint density at radius 2 is 1.49 bits per heavy atom. The maximum Gasteiger partial charge on any atom is 0.0288 e. The zero-order valence-corrected chi connectivity index (χ0v) is 28.0. The fraction of sp³-hybridized carbons (Fsp3) is 0.946. The molecule has 0 aliphatic heterocycles. The molecule has 0 saturated heterocycles. The van der Waals surface area contributed by atoms with Crippen LogP contribution in [0.1, 0.15) is 137 Å². The van der Waals surface area contributed by atoms with Crippen molar-refractivity contribution in [2.45, 2.75) is 149 Å². The van der Waals surface area contributed by atoms with E-state index < -0.39 is 0 Å². The Morgan fingerprint density at radius 1 is 0.780 bits per heavy atom. The molecule has 9 atom stereocenters. The molecule has 0 heterocycles. The van der Waals surface area contributed by atoms with Crippen LogP contribution in [0.5, 0.6) is 0 Å². The summed E-state index contributed by atoms with van der Waals surface area (Å²) < 4.78 is 0. The van der Waals surface area contributed by atoms with Crippen molar-refractivity contribution in [1.82, 2.24) is 10.6 Å². The number of hydrogen-bond acceptors (Lipinski definition) is 4. The molecule has 3 saturated carbocycles. The highest BCUT2D eigenvalue weighted by molar-refractivity contribution is 5.31. The van der Waals surface area contributed by atoms with Crippen molar-refractivity contribution in [1.29, 1.82) is 0 Å². The smallest absolute Gasteiger partial charge is 0.0288 e. The van der Waals surface area contributed by atoms with Gasteiger partial charge in [-0.2, -0.15) is 0 Å². The third-order valence-electron chi connectivity index (χ3n) is 12.9. The van der Waals surface area contributed by atoms with E-state index in [1.54, 1.807) is 5.57 Å². The highest BCUT2D eigenvalue weighted by atomic mass is 14.9. The Hall–Kier alpha value is -0.420. The molecule has 3 fully saturated rings. The molecule has 0 aromatic carbocycles. The first-order valence-corrected chi connectivity index (χ1v) is 18.3. The Morgan fingerprint density at radius 3 is 2.17 bits per heavy atom. The number of fused-ring (bicyclic) bond motifs is 5. The molecule has 4 nitrogen and oxygen atoms in total. The summed E-state index contributed by atoms with van der Waals surface area (Å²) in [4.78, 5) is 0. The number of hydrogen-bond donors (Lipinski definition) is 4. The Kier molecular flexibility index (Phi) is 12.7. The van der Waals surface area contributed by atoms with Gasteiger partial charge in [-0.3, -0.25) is 0 Å². The third kappa shape index (κ3) is 7.81. The van der Waals surface area contributed by atoms with Gasteiger partial charge in [-0.25, -0.2) is 0 Å². The van der Waals surface area contributed by atoms with Gasteiger partial charge in [0.1, 0.15) is 0 Å². The summed E-state index contributed by atoms with van der Waals surface area (Å²) in [5, 5.41) is 8.09. The summed E-state index contributed by atoms with van der Waals surface area (Å²) in [6.07, 6.45) is 24.3. The molecule has 6 N–H and O–H groups in total. The van der Waals surface area contributed by atoms with E-state index >= 15 is 0 Å². The Bertz CT molecular complexity index is 809. The van der Waals surface area contributed by atoms with Crippen LogP contribution in [0, 0.1) is 46.3 Å². The minimum atomic E-state index is 0.373. The first-order chi connectivity index (χ1) is 19.7. The van der Waals surface area contributed by atoms with E-state index in [1.165, 1.54) is 89.9 Å². The van der Waals surface area contributed by atoms with E-state index in [0.29, 0.717) is 22.9 Å². The minimum Gasteiger partial charge on any atom is -0.330 e. The maximum absolute atomic E-state index is 5.81. The van der Waals surface area contributed by atoms with Gasteiger partial charge in [0.15, 0.2) is 0 Å². The van der Waals surface area contributed by atoms with Gasteiger partial charge in [0.05, 0.1) is 0 Å². The van der Waals surface area contributed by atoms with E-state index in [4.69, 9.17) is 11.5 Å². The number of unbranched alkanes of at least 4 members (excludes halogenated alkanes) is 4. The van der Waals surface area contributed by atoms with Crippen LogP contribution in [0.4, 0.5) is 0 Å². The van der Waals surface area contributed by atoms with Crippen molar-refractivity contribution in [3.63, 3.8) is 0 Å². The first-order valence-electron chi connectivity index (χ1n) is 18.3. The molecule has 0 aromatic heterocycles. The molecular weight excluding hydrogens is 500 g/mol. The summed E-state index contributed by atoms with van der Waals surface area (Å²) >= 11 is 0. The summed E-state index contributed by atoms with van der Waals surface area (Å²) in [7, 11) is 0. The normalized spacial score (nSPS) is 37.4. The highest BCUT2D eigenvalue weighted by Crippen LogP contribution is 2.67. The lowest BCUT2D eigenvalue weighted by molar-refractivity contribution is -0.0659. The van der Waals surface area contributed by atoms with Gasteiger partial charge >= 0.3 is 0 Å². The second-order valence-corrected chi connectivity index (χ2v) is 16.0. The van der Waals surface area contributed by atoms with E-state index in [-0.39, 0.29) is 0 Å². The maximum atomic E-state index is 5.81. The lowest BCUT2D eigenvalue weighted by Gasteiger charge is -2.61. The number of nitrogens with two attached hydrogens (primary N) is 2. The molecule has 0 spiro atoms. The molecule has 4 heteroatoms. The van der Waals surface area contributed by atoms with Crippen LogP contribution in [0.3, 0.4) is 0 Å². The van der Waals surface area contributed by atoms with Crippen LogP contribution >= 0.6 is 0 Å². The van der Waals surface area contributed by atoms with Crippen LogP contribution in [-0.2, 0) is 0 Å². The predicted molar refractivity (Wildman–Crippen MR) is 178 cm³/mol. The second-order valence-electron chi connectivity index (χ2n) is 16.0. The van der Waals surface area contributed by atoms with Gasteiger partial charge in [0.2, 0.25) is 0 Å². The van der Waals surface area contributed by atoms with Gasteiger partial charge < -0.3 is 22.1 Å². The monoisotopic (exact) mass is 571 g/mol. The Labute approximate surface area is 255 Å². The van der Waals surface area contributed by atoms with Crippen LogP contribution < -0.4 is 22.1 Å². The van der Waals surface area contributed by atoms with E-state index in [9.17, 15) is 0 Å². The molecule has 4 aliphatic carbocycles. The van der Waals surface area contributed by atoms with Crippen LogP contribution in [-0.4, -0.2) is 38.3 Å². The van der Waals surface area contributed by atoms with E-state index in [2.05, 4.69) is 51.3 Å².